The van der Waals surface area contributed by atoms with Gasteiger partial charge in [0, 0.05) is 23.3 Å². The van der Waals surface area contributed by atoms with Crippen LogP contribution in [0.2, 0.25) is 0 Å². The summed E-state index contributed by atoms with van der Waals surface area (Å²) >= 11 is 0. The van der Waals surface area contributed by atoms with Crippen LogP contribution in [0.4, 0.5) is 8.78 Å². The first kappa shape index (κ1) is 29.1. The normalized spacial score (nSPS) is 11.6. The second kappa shape index (κ2) is 11.8. The number of aryl methyl sites for hydroxylation is 1. The zero-order valence-electron chi connectivity index (χ0n) is 25.9. The van der Waals surface area contributed by atoms with E-state index in [-0.39, 0.29) is 11.3 Å². The second-order valence-corrected chi connectivity index (χ2v) is 11.6. The van der Waals surface area contributed by atoms with Gasteiger partial charge in [0.15, 0.2) is 0 Å². The molecule has 0 amide bonds. The Labute approximate surface area is 275 Å². The van der Waals surface area contributed by atoms with E-state index in [1.807, 2.05) is 101 Å². The molecule has 0 aliphatic rings. The predicted molar refractivity (Wildman–Crippen MR) is 183 cm³/mol. The monoisotopic (exact) mass is 630 g/mol. The molecule has 0 aliphatic carbocycles. The van der Waals surface area contributed by atoms with Crippen molar-refractivity contribution in [2.75, 3.05) is 0 Å². The highest BCUT2D eigenvalue weighted by atomic mass is 19.1. The number of rotatable bonds is 7. The Morgan fingerprint density at radius 1 is 0.625 bits per heavy atom. The molecule has 0 aliphatic heterocycles. The summed E-state index contributed by atoms with van der Waals surface area (Å²) in [6, 6.07) is 39.7. The summed E-state index contributed by atoms with van der Waals surface area (Å²) in [4.78, 5) is 13.4. The first-order valence-electron chi connectivity index (χ1n) is 15.5. The maximum Gasteiger partial charge on any atom is 0.149 e. The van der Waals surface area contributed by atoms with Crippen LogP contribution in [0.1, 0.15) is 22.4 Å². The minimum Gasteiger partial charge on any atom is -0.290 e. The molecule has 0 spiro atoms. The van der Waals surface area contributed by atoms with Gasteiger partial charge in [-0.15, -0.1) is 0 Å². The first-order valence-corrected chi connectivity index (χ1v) is 15.5. The lowest BCUT2D eigenvalue weighted by molar-refractivity contribution is 0.460. The molecule has 8 aromatic rings. The van der Waals surface area contributed by atoms with E-state index >= 15 is 8.78 Å². The summed E-state index contributed by atoms with van der Waals surface area (Å²) in [7, 11) is 0. The highest BCUT2D eigenvalue weighted by molar-refractivity contribution is 5.92. The number of hydrogen-bond acceptors (Lipinski definition) is 4. The summed E-state index contributed by atoms with van der Waals surface area (Å²) in [6.07, 6.45) is 7.00. The molecule has 232 valence electrons. The van der Waals surface area contributed by atoms with Crippen LogP contribution in [0.5, 0.6) is 0 Å². The van der Waals surface area contributed by atoms with Gasteiger partial charge in [-0.1, -0.05) is 103 Å². The molecule has 8 rings (SSSR count). The quantitative estimate of drug-likeness (QED) is 0.165. The third-order valence-corrected chi connectivity index (χ3v) is 8.71. The van der Waals surface area contributed by atoms with Gasteiger partial charge in [0.25, 0.3) is 0 Å². The Bertz CT molecular complexity index is 2270. The van der Waals surface area contributed by atoms with Gasteiger partial charge in [0.05, 0.1) is 16.8 Å². The van der Waals surface area contributed by atoms with E-state index in [2.05, 4.69) is 51.4 Å². The Hall–Kier alpha value is -6.28. The summed E-state index contributed by atoms with van der Waals surface area (Å²) in [5, 5.41) is 5.88. The molecule has 0 bridgehead atoms. The Kier molecular flexibility index (Phi) is 7.18. The van der Waals surface area contributed by atoms with Crippen molar-refractivity contribution in [3.05, 3.63) is 186 Å². The fraction of sp³-hybridized carbons (Fsp3) is 0.0500. The molecular formula is C40H28F2N6. The molecule has 0 saturated heterocycles. The molecule has 0 radical (unpaired) electrons. The van der Waals surface area contributed by atoms with Crippen LogP contribution >= 0.6 is 0 Å². The minimum atomic E-state index is -1.00. The van der Waals surface area contributed by atoms with Crippen molar-refractivity contribution in [3.63, 3.8) is 0 Å². The van der Waals surface area contributed by atoms with Crippen molar-refractivity contribution in [3.8, 4) is 28.2 Å². The van der Waals surface area contributed by atoms with Crippen LogP contribution in [0.3, 0.4) is 0 Å². The van der Waals surface area contributed by atoms with E-state index in [4.69, 9.17) is 5.10 Å². The number of benzene rings is 5. The Balaban J connectivity index is 1.47. The number of nitrogens with zero attached hydrogens (tertiary/aromatic N) is 6. The standard InChI is InChI=1S/C40H28F2N6/c1-27-23-47(26-45-27)39-32-22-28(20-21-36(32)43-25-44-39)33-24-48(46-38(33)37-34(41)18-11-19-35(37)42)40(29-12-5-2-6-13-29,30-14-7-3-8-15-30)31-16-9-4-10-17-31/h2-26H,1H3. The van der Waals surface area contributed by atoms with Gasteiger partial charge < -0.3 is 0 Å². The molecule has 6 nitrogen and oxygen atoms in total. The first-order chi connectivity index (χ1) is 23.5. The lowest BCUT2D eigenvalue weighted by Crippen LogP contribution is -2.38. The predicted octanol–water partition coefficient (Wildman–Crippen LogP) is 8.77. The van der Waals surface area contributed by atoms with Crippen molar-refractivity contribution in [2.24, 2.45) is 0 Å². The van der Waals surface area contributed by atoms with Crippen LogP contribution in [-0.4, -0.2) is 29.3 Å². The number of fused-ring (bicyclic) bond motifs is 1. The summed E-state index contributed by atoms with van der Waals surface area (Å²) in [5.41, 5.74) is 4.57. The summed E-state index contributed by atoms with van der Waals surface area (Å²) in [6.45, 7) is 1.91. The van der Waals surface area contributed by atoms with Crippen molar-refractivity contribution >= 4 is 10.9 Å². The zero-order valence-corrected chi connectivity index (χ0v) is 25.9. The molecule has 0 atom stereocenters. The second-order valence-electron chi connectivity index (χ2n) is 11.6. The molecule has 5 aromatic carbocycles. The highest BCUT2D eigenvalue weighted by Gasteiger charge is 2.40. The maximum atomic E-state index is 15.7. The van der Waals surface area contributed by atoms with Gasteiger partial charge in [-0.25, -0.2) is 23.7 Å². The number of halogens is 2. The average molecular weight is 631 g/mol. The van der Waals surface area contributed by atoms with E-state index in [1.165, 1.54) is 24.5 Å². The molecule has 0 saturated carbocycles. The van der Waals surface area contributed by atoms with Crippen LogP contribution in [0.15, 0.2) is 152 Å². The third-order valence-electron chi connectivity index (χ3n) is 8.71. The third kappa shape index (κ3) is 4.77. The van der Waals surface area contributed by atoms with Crippen molar-refractivity contribution in [2.45, 2.75) is 12.5 Å². The number of hydrogen-bond donors (Lipinski definition) is 0. The SMILES string of the molecule is Cc1cn(-c2ncnc3ccc(-c4cn(C(c5ccccc5)(c5ccccc5)c5ccccc5)nc4-c4c(F)cccc4F)cc23)cn1. The summed E-state index contributed by atoms with van der Waals surface area (Å²) < 4.78 is 35.1. The Morgan fingerprint density at radius 2 is 1.23 bits per heavy atom. The maximum absolute atomic E-state index is 15.7. The molecule has 0 N–H and O–H groups in total. The summed E-state index contributed by atoms with van der Waals surface area (Å²) in [5.74, 6) is -0.768. The number of aromatic nitrogens is 6. The van der Waals surface area contributed by atoms with Gasteiger partial charge in [0.2, 0.25) is 0 Å². The molecule has 48 heavy (non-hydrogen) atoms. The van der Waals surface area contributed by atoms with Gasteiger partial charge in [-0.3, -0.25) is 9.25 Å². The molecule has 3 aromatic heterocycles. The zero-order chi connectivity index (χ0) is 32.7. The van der Waals surface area contributed by atoms with Gasteiger partial charge >= 0.3 is 0 Å². The van der Waals surface area contributed by atoms with E-state index in [9.17, 15) is 0 Å². The van der Waals surface area contributed by atoms with Crippen LogP contribution < -0.4 is 0 Å². The van der Waals surface area contributed by atoms with Gasteiger partial charge in [-0.05, 0) is 53.4 Å². The van der Waals surface area contributed by atoms with Crippen molar-refractivity contribution in [1.82, 2.24) is 29.3 Å². The van der Waals surface area contributed by atoms with E-state index in [0.29, 0.717) is 22.5 Å². The van der Waals surface area contributed by atoms with Crippen LogP contribution in [0.25, 0.3) is 39.1 Å². The lowest BCUT2D eigenvalue weighted by atomic mass is 9.77. The van der Waals surface area contributed by atoms with E-state index < -0.39 is 17.2 Å². The minimum absolute atomic E-state index is 0.175. The van der Waals surface area contributed by atoms with Crippen molar-refractivity contribution < 1.29 is 8.78 Å². The topological polar surface area (TPSA) is 61.4 Å². The van der Waals surface area contributed by atoms with Gasteiger partial charge in [-0.2, -0.15) is 5.10 Å². The Morgan fingerprint density at radius 3 is 1.79 bits per heavy atom. The van der Waals surface area contributed by atoms with Crippen LogP contribution in [0, 0.1) is 18.6 Å². The van der Waals surface area contributed by atoms with Gasteiger partial charge in [0.1, 0.15) is 41.3 Å². The van der Waals surface area contributed by atoms with E-state index in [1.54, 1.807) is 6.33 Å². The average Bonchev–Trinajstić information content (AvgIpc) is 3.76. The fourth-order valence-electron chi connectivity index (χ4n) is 6.55. The largest absolute Gasteiger partial charge is 0.290 e. The van der Waals surface area contributed by atoms with Crippen LogP contribution in [-0.2, 0) is 5.54 Å². The molecule has 0 unspecified atom stereocenters. The number of imidazole rings is 1. The highest BCUT2D eigenvalue weighted by Crippen LogP contribution is 2.44. The fourth-order valence-corrected chi connectivity index (χ4v) is 6.55. The molecular weight excluding hydrogens is 602 g/mol. The van der Waals surface area contributed by atoms with E-state index in [0.717, 1.165) is 27.8 Å². The molecule has 3 heterocycles. The smallest absolute Gasteiger partial charge is 0.149 e. The lowest BCUT2D eigenvalue weighted by Gasteiger charge is -2.36. The molecule has 8 heteroatoms. The molecule has 0 fully saturated rings. The van der Waals surface area contributed by atoms with Crippen molar-refractivity contribution in [1.29, 1.82) is 0 Å².